The van der Waals surface area contributed by atoms with E-state index in [1.165, 1.54) is 23.5 Å². The number of methoxy groups -OCH3 is 1. The van der Waals surface area contributed by atoms with Gasteiger partial charge in [-0.3, -0.25) is 4.79 Å². The Morgan fingerprint density at radius 3 is 2.56 bits per heavy atom. The van der Waals surface area contributed by atoms with Crippen LogP contribution >= 0.6 is 15.9 Å². The number of anilines is 1. The minimum Gasteiger partial charge on any atom is -0.495 e. The molecular formula is C19H21BrN2O4S. The van der Waals surface area contributed by atoms with E-state index in [1.54, 1.807) is 30.3 Å². The lowest BCUT2D eigenvalue weighted by Crippen LogP contribution is -2.35. The first-order valence-corrected chi connectivity index (χ1v) is 10.9. The summed E-state index contributed by atoms with van der Waals surface area (Å²) in [4.78, 5) is 12.8. The third kappa shape index (κ3) is 4.51. The van der Waals surface area contributed by atoms with E-state index in [9.17, 15) is 13.2 Å². The summed E-state index contributed by atoms with van der Waals surface area (Å²) in [7, 11) is -2.07. The summed E-state index contributed by atoms with van der Waals surface area (Å²) in [5.74, 6) is 0.116. The molecule has 3 rings (SSSR count). The molecule has 0 radical (unpaired) electrons. The number of hydrogen-bond acceptors (Lipinski definition) is 4. The van der Waals surface area contributed by atoms with Crippen molar-refractivity contribution < 1.29 is 17.9 Å². The largest absolute Gasteiger partial charge is 0.495 e. The maximum atomic E-state index is 12.8. The third-order valence-electron chi connectivity index (χ3n) is 4.46. The summed E-state index contributed by atoms with van der Waals surface area (Å²) in [6.07, 6.45) is 2.77. The molecule has 0 bridgehead atoms. The minimum absolute atomic E-state index is 0.137. The van der Waals surface area contributed by atoms with Crippen molar-refractivity contribution in [2.45, 2.75) is 24.2 Å². The Morgan fingerprint density at radius 2 is 1.85 bits per heavy atom. The Balaban J connectivity index is 1.85. The number of carbonyl (C=O) groups excluding carboxylic acids is 1. The fourth-order valence-corrected chi connectivity index (χ4v) is 4.95. The van der Waals surface area contributed by atoms with Gasteiger partial charge >= 0.3 is 0 Å². The van der Waals surface area contributed by atoms with Gasteiger partial charge in [-0.25, -0.2) is 8.42 Å². The Bertz CT molecular complexity index is 940. The summed E-state index contributed by atoms with van der Waals surface area (Å²) in [6, 6.07) is 11.4. The van der Waals surface area contributed by atoms with E-state index in [0.717, 1.165) is 23.7 Å². The fourth-order valence-electron chi connectivity index (χ4n) is 3.02. The summed E-state index contributed by atoms with van der Waals surface area (Å²) in [6.45, 7) is 1.04. The number of piperidine rings is 1. The molecule has 0 unspecified atom stereocenters. The number of sulfonamides is 1. The highest BCUT2D eigenvalue weighted by Gasteiger charge is 2.26. The van der Waals surface area contributed by atoms with Crippen LogP contribution in [0.3, 0.4) is 0 Å². The van der Waals surface area contributed by atoms with Crippen LogP contribution in [0.15, 0.2) is 51.8 Å². The van der Waals surface area contributed by atoms with E-state index in [1.807, 2.05) is 0 Å². The molecule has 2 aromatic rings. The van der Waals surface area contributed by atoms with Gasteiger partial charge in [-0.15, -0.1) is 0 Å². The van der Waals surface area contributed by atoms with E-state index in [0.29, 0.717) is 24.5 Å². The molecule has 0 aliphatic carbocycles. The van der Waals surface area contributed by atoms with Gasteiger partial charge in [0.25, 0.3) is 5.91 Å². The van der Waals surface area contributed by atoms with Gasteiger partial charge in [-0.2, -0.15) is 4.31 Å². The lowest BCUT2D eigenvalue weighted by Gasteiger charge is -2.26. The van der Waals surface area contributed by atoms with Crippen molar-refractivity contribution in [2.24, 2.45) is 0 Å². The van der Waals surface area contributed by atoms with Crippen molar-refractivity contribution in [1.29, 1.82) is 0 Å². The van der Waals surface area contributed by atoms with E-state index in [2.05, 4.69) is 21.2 Å². The number of nitrogens with one attached hydrogen (secondary N) is 1. The van der Waals surface area contributed by atoms with E-state index < -0.39 is 15.9 Å². The van der Waals surface area contributed by atoms with Gasteiger partial charge in [0.1, 0.15) is 5.75 Å². The lowest BCUT2D eigenvalue weighted by molar-refractivity contribution is 0.102. The second kappa shape index (κ2) is 8.41. The van der Waals surface area contributed by atoms with Crippen molar-refractivity contribution in [1.82, 2.24) is 4.31 Å². The zero-order valence-corrected chi connectivity index (χ0v) is 17.3. The van der Waals surface area contributed by atoms with Gasteiger partial charge < -0.3 is 10.1 Å². The highest BCUT2D eigenvalue weighted by molar-refractivity contribution is 9.10. The van der Waals surface area contributed by atoms with Crippen LogP contribution in [0.2, 0.25) is 0 Å². The van der Waals surface area contributed by atoms with Crippen LogP contribution in [0, 0.1) is 0 Å². The number of rotatable bonds is 5. The Hall–Kier alpha value is -1.90. The molecule has 1 aliphatic rings. The third-order valence-corrected chi connectivity index (χ3v) is 6.85. The predicted molar refractivity (Wildman–Crippen MR) is 108 cm³/mol. The summed E-state index contributed by atoms with van der Waals surface area (Å²) in [5.41, 5.74) is 0.774. The number of halogens is 1. The molecule has 1 aliphatic heterocycles. The molecular weight excluding hydrogens is 432 g/mol. The quantitative estimate of drug-likeness (QED) is 0.746. The van der Waals surface area contributed by atoms with Crippen molar-refractivity contribution in [3.8, 4) is 5.75 Å². The molecule has 27 heavy (non-hydrogen) atoms. The molecule has 1 heterocycles. The molecule has 1 N–H and O–H groups in total. The standard InChI is InChI=1S/C19H21BrN2O4S/c1-26-18-9-8-15(20)13-17(18)21-19(23)14-6-5-7-16(12-14)27(24,25)22-10-3-2-4-11-22/h5-9,12-13H,2-4,10-11H2,1H3,(H,21,23). The molecule has 144 valence electrons. The highest BCUT2D eigenvalue weighted by atomic mass is 79.9. The summed E-state index contributed by atoms with van der Waals surface area (Å²) >= 11 is 3.36. The number of ether oxygens (including phenoxy) is 1. The molecule has 6 nitrogen and oxygen atoms in total. The molecule has 1 amide bonds. The predicted octanol–water partition coefficient (Wildman–Crippen LogP) is 3.88. The van der Waals surface area contributed by atoms with Gasteiger partial charge in [-0.05, 0) is 49.2 Å². The molecule has 1 saturated heterocycles. The van der Waals surface area contributed by atoms with Gasteiger partial charge in [0.05, 0.1) is 17.7 Å². The fraction of sp³-hybridized carbons (Fsp3) is 0.316. The Kier molecular flexibility index (Phi) is 6.18. The number of carbonyl (C=O) groups is 1. The number of nitrogens with zero attached hydrogens (tertiary/aromatic N) is 1. The molecule has 0 saturated carbocycles. The van der Waals surface area contributed by atoms with Crippen molar-refractivity contribution in [3.63, 3.8) is 0 Å². The van der Waals surface area contributed by atoms with Gasteiger partial charge in [0.15, 0.2) is 0 Å². The van der Waals surface area contributed by atoms with Gasteiger partial charge in [-0.1, -0.05) is 28.4 Å². The highest BCUT2D eigenvalue weighted by Crippen LogP contribution is 2.28. The topological polar surface area (TPSA) is 75.7 Å². The smallest absolute Gasteiger partial charge is 0.255 e. The number of hydrogen-bond donors (Lipinski definition) is 1. The first kappa shape index (κ1) is 19.9. The summed E-state index contributed by atoms with van der Waals surface area (Å²) < 4.78 is 33.2. The normalized spacial score (nSPS) is 15.3. The van der Waals surface area contributed by atoms with E-state index >= 15 is 0 Å². The molecule has 0 spiro atoms. The molecule has 0 aromatic heterocycles. The van der Waals surface area contributed by atoms with Crippen LogP contribution in [-0.4, -0.2) is 38.8 Å². The van der Waals surface area contributed by atoms with Crippen molar-refractivity contribution in [2.75, 3.05) is 25.5 Å². The number of amides is 1. The molecule has 0 atom stereocenters. The van der Waals surface area contributed by atoms with Crippen molar-refractivity contribution in [3.05, 3.63) is 52.5 Å². The van der Waals surface area contributed by atoms with E-state index in [4.69, 9.17) is 4.74 Å². The average Bonchev–Trinajstić information content (AvgIpc) is 2.69. The van der Waals surface area contributed by atoms with Crippen LogP contribution in [0.25, 0.3) is 0 Å². The number of benzene rings is 2. The summed E-state index contributed by atoms with van der Waals surface area (Å²) in [5, 5.41) is 2.77. The lowest BCUT2D eigenvalue weighted by atomic mass is 10.2. The molecule has 8 heteroatoms. The van der Waals surface area contributed by atoms with Crippen LogP contribution in [-0.2, 0) is 10.0 Å². The van der Waals surface area contributed by atoms with Crippen LogP contribution < -0.4 is 10.1 Å². The van der Waals surface area contributed by atoms with Crippen molar-refractivity contribution >= 4 is 37.5 Å². The van der Waals surface area contributed by atoms with E-state index in [-0.39, 0.29) is 10.5 Å². The monoisotopic (exact) mass is 452 g/mol. The zero-order chi connectivity index (χ0) is 19.4. The molecule has 1 fully saturated rings. The second-order valence-electron chi connectivity index (χ2n) is 6.29. The minimum atomic E-state index is -3.59. The van der Waals surface area contributed by atoms with Crippen LogP contribution in [0.1, 0.15) is 29.6 Å². The molecule has 2 aromatic carbocycles. The average molecular weight is 453 g/mol. The first-order valence-electron chi connectivity index (χ1n) is 8.67. The van der Waals surface area contributed by atoms with Crippen LogP contribution in [0.4, 0.5) is 5.69 Å². The van der Waals surface area contributed by atoms with Crippen LogP contribution in [0.5, 0.6) is 5.75 Å². The zero-order valence-electron chi connectivity index (χ0n) is 14.9. The maximum absolute atomic E-state index is 12.8. The second-order valence-corrected chi connectivity index (χ2v) is 9.14. The van der Waals surface area contributed by atoms with Gasteiger partial charge in [0, 0.05) is 23.1 Å². The van der Waals surface area contributed by atoms with Gasteiger partial charge in [0.2, 0.25) is 10.0 Å². The SMILES string of the molecule is COc1ccc(Br)cc1NC(=O)c1cccc(S(=O)(=O)N2CCCCC2)c1. The Morgan fingerprint density at radius 1 is 1.11 bits per heavy atom. The maximum Gasteiger partial charge on any atom is 0.255 e. The Labute approximate surface area is 167 Å². The first-order chi connectivity index (χ1) is 12.9.